The van der Waals surface area contributed by atoms with E-state index in [4.69, 9.17) is 0 Å². The zero-order chi connectivity index (χ0) is 16.2. The van der Waals surface area contributed by atoms with Crippen LogP contribution in [0.15, 0.2) is 29.2 Å². The van der Waals surface area contributed by atoms with E-state index in [1.165, 1.54) is 18.4 Å². The van der Waals surface area contributed by atoms with E-state index in [0.29, 0.717) is 5.92 Å². The highest BCUT2D eigenvalue weighted by molar-refractivity contribution is 7.89. The Hall–Kier alpha value is -0.950. The first-order chi connectivity index (χ1) is 9.70. The first-order valence-corrected chi connectivity index (χ1v) is 8.53. The molecule has 120 valence electrons. The molecule has 0 bridgehead atoms. The Morgan fingerprint density at radius 1 is 1.14 bits per heavy atom. The van der Waals surface area contributed by atoms with Crippen molar-refractivity contribution in [2.24, 2.45) is 5.92 Å². The first-order valence-electron chi connectivity index (χ1n) is 7.09. The Balaban J connectivity index is 2.88. The van der Waals surface area contributed by atoms with Crippen LogP contribution in [-0.2, 0) is 10.0 Å². The van der Waals surface area contributed by atoms with Crippen LogP contribution in [0.25, 0.3) is 0 Å². The molecule has 0 aromatic heterocycles. The molecular formula is C15H26N2O3S. The van der Waals surface area contributed by atoms with Crippen LogP contribution in [0, 0.1) is 5.92 Å². The van der Waals surface area contributed by atoms with Gasteiger partial charge in [-0.3, -0.25) is 0 Å². The molecule has 0 amide bonds. The van der Waals surface area contributed by atoms with Crippen molar-refractivity contribution in [3.8, 4) is 0 Å². The fourth-order valence-corrected chi connectivity index (χ4v) is 2.91. The lowest BCUT2D eigenvalue weighted by Crippen LogP contribution is -2.38. The topological polar surface area (TPSA) is 69.6 Å². The molecule has 0 radical (unpaired) electrons. The Bertz CT molecular complexity index is 539. The van der Waals surface area contributed by atoms with E-state index < -0.39 is 10.0 Å². The summed E-state index contributed by atoms with van der Waals surface area (Å²) in [6.07, 6.45) is 0. The number of hydrogen-bond donors (Lipinski definition) is 2. The molecule has 1 rings (SSSR count). The van der Waals surface area contributed by atoms with Crippen molar-refractivity contribution >= 4 is 10.0 Å². The molecule has 1 unspecified atom stereocenters. The van der Waals surface area contributed by atoms with Crippen molar-refractivity contribution in [2.45, 2.75) is 37.8 Å². The van der Waals surface area contributed by atoms with Crippen LogP contribution in [0.3, 0.4) is 0 Å². The summed E-state index contributed by atoms with van der Waals surface area (Å²) in [7, 11) is -0.356. The van der Waals surface area contributed by atoms with Gasteiger partial charge in [0.2, 0.25) is 10.0 Å². The third-order valence-corrected chi connectivity index (χ3v) is 5.45. The smallest absolute Gasteiger partial charge is 0.242 e. The number of benzene rings is 1. The van der Waals surface area contributed by atoms with Crippen LogP contribution >= 0.6 is 0 Å². The molecule has 2 atom stereocenters. The van der Waals surface area contributed by atoms with Crippen molar-refractivity contribution < 1.29 is 13.5 Å². The quantitative estimate of drug-likeness (QED) is 0.802. The van der Waals surface area contributed by atoms with Gasteiger partial charge in [-0.05, 0) is 30.5 Å². The van der Waals surface area contributed by atoms with Crippen LogP contribution in [0.4, 0.5) is 0 Å². The summed E-state index contributed by atoms with van der Waals surface area (Å²) in [6.45, 7) is 6.18. The molecule has 0 aliphatic rings. The highest BCUT2D eigenvalue weighted by atomic mass is 32.2. The van der Waals surface area contributed by atoms with E-state index in [1.807, 2.05) is 32.9 Å². The average Bonchev–Trinajstić information content (AvgIpc) is 2.44. The number of nitrogens with one attached hydrogen (secondary N) is 1. The summed E-state index contributed by atoms with van der Waals surface area (Å²) in [5, 5.41) is 12.7. The van der Waals surface area contributed by atoms with Gasteiger partial charge < -0.3 is 10.4 Å². The SMILES string of the molecule is CC(N[C@H](CO)C(C)C)c1ccc(S(=O)(=O)N(C)C)cc1. The standard InChI is InChI=1S/C15H26N2O3S/c1-11(2)15(10-18)16-12(3)13-6-8-14(9-7-13)21(19,20)17(4)5/h6-9,11-12,15-16,18H,10H2,1-5H3/t12?,15-/m1/s1. The number of sulfonamides is 1. The molecule has 0 saturated carbocycles. The van der Waals surface area contributed by atoms with Gasteiger partial charge in [0.1, 0.15) is 0 Å². The molecule has 1 aromatic carbocycles. The highest BCUT2D eigenvalue weighted by Gasteiger charge is 2.19. The van der Waals surface area contributed by atoms with Crippen molar-refractivity contribution in [2.75, 3.05) is 20.7 Å². The van der Waals surface area contributed by atoms with Gasteiger partial charge >= 0.3 is 0 Å². The van der Waals surface area contributed by atoms with Gasteiger partial charge in [-0.15, -0.1) is 0 Å². The Morgan fingerprint density at radius 3 is 2.05 bits per heavy atom. The first kappa shape index (κ1) is 18.1. The van der Waals surface area contributed by atoms with E-state index >= 15 is 0 Å². The van der Waals surface area contributed by atoms with Crippen LogP contribution in [0.1, 0.15) is 32.4 Å². The van der Waals surface area contributed by atoms with E-state index in [2.05, 4.69) is 5.32 Å². The number of nitrogens with zero attached hydrogens (tertiary/aromatic N) is 1. The number of aliphatic hydroxyl groups is 1. The summed E-state index contributed by atoms with van der Waals surface area (Å²) < 4.78 is 25.2. The fourth-order valence-electron chi connectivity index (χ4n) is 2.01. The predicted molar refractivity (Wildman–Crippen MR) is 84.6 cm³/mol. The lowest BCUT2D eigenvalue weighted by molar-refractivity contribution is 0.201. The Morgan fingerprint density at radius 2 is 1.67 bits per heavy atom. The summed E-state index contributed by atoms with van der Waals surface area (Å²) in [5.41, 5.74) is 0.992. The Kier molecular flexibility index (Phi) is 6.34. The zero-order valence-corrected chi connectivity index (χ0v) is 14.2. The molecule has 0 aliphatic heterocycles. The van der Waals surface area contributed by atoms with Crippen LogP contribution in [0.2, 0.25) is 0 Å². The summed E-state index contributed by atoms with van der Waals surface area (Å²) in [5.74, 6) is 0.325. The average molecular weight is 314 g/mol. The predicted octanol–water partition coefficient (Wildman–Crippen LogP) is 1.60. The molecule has 2 N–H and O–H groups in total. The number of aliphatic hydroxyl groups excluding tert-OH is 1. The van der Waals surface area contributed by atoms with E-state index in [1.54, 1.807) is 12.1 Å². The second kappa shape index (κ2) is 7.35. The zero-order valence-electron chi connectivity index (χ0n) is 13.4. The van der Waals surface area contributed by atoms with E-state index in [-0.39, 0.29) is 23.6 Å². The minimum absolute atomic E-state index is 0.0187. The normalized spacial score (nSPS) is 15.4. The lowest BCUT2D eigenvalue weighted by Gasteiger charge is -2.25. The van der Waals surface area contributed by atoms with Gasteiger partial charge in [0.25, 0.3) is 0 Å². The van der Waals surface area contributed by atoms with Crippen molar-refractivity contribution in [1.82, 2.24) is 9.62 Å². The number of rotatable bonds is 7. The van der Waals surface area contributed by atoms with Gasteiger partial charge in [-0.1, -0.05) is 26.0 Å². The van der Waals surface area contributed by atoms with E-state index in [0.717, 1.165) is 5.56 Å². The maximum atomic E-state index is 12.0. The Labute approximate surface area is 128 Å². The van der Waals surface area contributed by atoms with Crippen LogP contribution < -0.4 is 5.32 Å². The molecule has 5 nitrogen and oxygen atoms in total. The highest BCUT2D eigenvalue weighted by Crippen LogP contribution is 2.19. The minimum Gasteiger partial charge on any atom is -0.395 e. The molecule has 6 heteroatoms. The minimum atomic E-state index is -3.39. The molecule has 21 heavy (non-hydrogen) atoms. The second-order valence-electron chi connectivity index (χ2n) is 5.78. The van der Waals surface area contributed by atoms with Crippen molar-refractivity contribution in [3.05, 3.63) is 29.8 Å². The molecule has 0 fully saturated rings. The van der Waals surface area contributed by atoms with Gasteiger partial charge in [0, 0.05) is 26.2 Å². The van der Waals surface area contributed by atoms with Gasteiger partial charge in [-0.2, -0.15) is 0 Å². The van der Waals surface area contributed by atoms with E-state index in [9.17, 15) is 13.5 Å². The third-order valence-electron chi connectivity index (χ3n) is 3.62. The van der Waals surface area contributed by atoms with Crippen molar-refractivity contribution in [1.29, 1.82) is 0 Å². The largest absolute Gasteiger partial charge is 0.395 e. The summed E-state index contributed by atoms with van der Waals surface area (Å²) in [4.78, 5) is 0.283. The fraction of sp³-hybridized carbons (Fsp3) is 0.600. The van der Waals surface area contributed by atoms with Crippen LogP contribution in [-0.4, -0.2) is 44.6 Å². The van der Waals surface area contributed by atoms with Crippen LogP contribution in [0.5, 0.6) is 0 Å². The molecular weight excluding hydrogens is 288 g/mol. The second-order valence-corrected chi connectivity index (χ2v) is 7.93. The van der Waals surface area contributed by atoms with Crippen molar-refractivity contribution in [3.63, 3.8) is 0 Å². The lowest BCUT2D eigenvalue weighted by atomic mass is 10.0. The maximum Gasteiger partial charge on any atom is 0.242 e. The monoisotopic (exact) mass is 314 g/mol. The molecule has 0 aliphatic carbocycles. The number of hydrogen-bond acceptors (Lipinski definition) is 4. The third kappa shape index (κ3) is 4.51. The molecule has 1 aromatic rings. The van der Waals surface area contributed by atoms with Gasteiger partial charge in [0.05, 0.1) is 11.5 Å². The molecule has 0 saturated heterocycles. The summed E-state index contributed by atoms with van der Waals surface area (Å²) in [6, 6.07) is 6.91. The van der Waals surface area contributed by atoms with Gasteiger partial charge in [-0.25, -0.2) is 12.7 Å². The molecule has 0 spiro atoms. The van der Waals surface area contributed by atoms with Gasteiger partial charge in [0.15, 0.2) is 0 Å². The summed E-state index contributed by atoms with van der Waals surface area (Å²) >= 11 is 0. The molecule has 0 heterocycles. The maximum absolute atomic E-state index is 12.0.